The van der Waals surface area contributed by atoms with Crippen molar-refractivity contribution in [1.82, 2.24) is 4.90 Å². The van der Waals surface area contributed by atoms with Crippen LogP contribution >= 0.6 is 0 Å². The maximum absolute atomic E-state index is 12.5. The minimum Gasteiger partial charge on any atom is -0.481 e. The van der Waals surface area contributed by atoms with Crippen molar-refractivity contribution < 1.29 is 14.3 Å². The summed E-state index contributed by atoms with van der Waals surface area (Å²) in [6.07, 6.45) is 5.55. The largest absolute Gasteiger partial charge is 0.481 e. The molecular formula is C13H22FNO2. The predicted molar refractivity (Wildman–Crippen MR) is 63.7 cm³/mol. The molecule has 4 heteroatoms. The van der Waals surface area contributed by atoms with Gasteiger partial charge in [0, 0.05) is 6.04 Å². The first-order valence-corrected chi connectivity index (χ1v) is 6.73. The first kappa shape index (κ1) is 12.8. The molecule has 0 bridgehead atoms. The Morgan fingerprint density at radius 1 is 1.12 bits per heavy atom. The third-order valence-corrected chi connectivity index (χ3v) is 4.43. The molecule has 1 saturated heterocycles. The van der Waals surface area contributed by atoms with Crippen molar-refractivity contribution in [3.05, 3.63) is 0 Å². The van der Waals surface area contributed by atoms with E-state index in [0.717, 1.165) is 51.6 Å². The van der Waals surface area contributed by atoms with Crippen LogP contribution in [0.1, 0.15) is 38.5 Å². The standard InChI is InChI=1S/C13H22FNO2/c14-9-10-5-7-15(8-6-10)12-3-1-11(2-4-12)13(16)17/h10-12H,1-9H2,(H,16,17). The van der Waals surface area contributed by atoms with Crippen LogP contribution in [-0.4, -0.2) is 41.8 Å². The van der Waals surface area contributed by atoms with Gasteiger partial charge in [0.05, 0.1) is 12.6 Å². The van der Waals surface area contributed by atoms with Crippen LogP contribution in [0.2, 0.25) is 0 Å². The highest BCUT2D eigenvalue weighted by atomic mass is 19.1. The minimum absolute atomic E-state index is 0.130. The molecule has 0 amide bonds. The maximum atomic E-state index is 12.5. The van der Waals surface area contributed by atoms with Gasteiger partial charge in [-0.2, -0.15) is 0 Å². The van der Waals surface area contributed by atoms with E-state index in [2.05, 4.69) is 4.90 Å². The Morgan fingerprint density at radius 2 is 1.71 bits per heavy atom. The lowest BCUT2D eigenvalue weighted by atomic mass is 9.84. The highest BCUT2D eigenvalue weighted by molar-refractivity contribution is 5.70. The van der Waals surface area contributed by atoms with Gasteiger partial charge < -0.3 is 10.0 Å². The zero-order valence-electron chi connectivity index (χ0n) is 10.3. The molecule has 0 radical (unpaired) electrons. The highest BCUT2D eigenvalue weighted by Crippen LogP contribution is 2.30. The van der Waals surface area contributed by atoms with Gasteiger partial charge in [-0.3, -0.25) is 9.18 Å². The van der Waals surface area contributed by atoms with E-state index in [1.165, 1.54) is 0 Å². The van der Waals surface area contributed by atoms with Crippen molar-refractivity contribution in [3.8, 4) is 0 Å². The molecule has 0 spiro atoms. The van der Waals surface area contributed by atoms with E-state index >= 15 is 0 Å². The van der Waals surface area contributed by atoms with Crippen LogP contribution < -0.4 is 0 Å². The Labute approximate surface area is 102 Å². The van der Waals surface area contributed by atoms with Gasteiger partial charge in [-0.25, -0.2) is 0 Å². The molecule has 98 valence electrons. The number of alkyl halides is 1. The first-order valence-electron chi connectivity index (χ1n) is 6.73. The SMILES string of the molecule is O=C(O)C1CCC(N2CCC(CF)CC2)CC1. The number of hydrogen-bond donors (Lipinski definition) is 1. The monoisotopic (exact) mass is 243 g/mol. The average molecular weight is 243 g/mol. The molecule has 0 aromatic carbocycles. The molecule has 2 aliphatic rings. The van der Waals surface area contributed by atoms with E-state index in [1.807, 2.05) is 0 Å². The number of rotatable bonds is 3. The lowest BCUT2D eigenvalue weighted by Crippen LogP contribution is -2.44. The fraction of sp³-hybridized carbons (Fsp3) is 0.923. The molecule has 0 aromatic rings. The van der Waals surface area contributed by atoms with Crippen molar-refractivity contribution >= 4 is 5.97 Å². The molecule has 1 N–H and O–H groups in total. The van der Waals surface area contributed by atoms with Crippen LogP contribution in [0.3, 0.4) is 0 Å². The van der Waals surface area contributed by atoms with E-state index in [4.69, 9.17) is 5.11 Å². The molecule has 3 nitrogen and oxygen atoms in total. The normalized spacial score (nSPS) is 32.5. The van der Waals surface area contributed by atoms with Crippen molar-refractivity contribution in [3.63, 3.8) is 0 Å². The molecular weight excluding hydrogens is 221 g/mol. The summed E-state index contributed by atoms with van der Waals surface area (Å²) in [6.45, 7) is 1.81. The second-order valence-corrected chi connectivity index (χ2v) is 5.48. The van der Waals surface area contributed by atoms with E-state index in [9.17, 15) is 9.18 Å². The second-order valence-electron chi connectivity index (χ2n) is 5.48. The Kier molecular flexibility index (Phi) is 4.37. The van der Waals surface area contributed by atoms with Gasteiger partial charge in [-0.05, 0) is 57.5 Å². The zero-order chi connectivity index (χ0) is 12.3. The average Bonchev–Trinajstić information content (AvgIpc) is 2.39. The maximum Gasteiger partial charge on any atom is 0.306 e. The number of piperidine rings is 1. The number of carboxylic acids is 1. The van der Waals surface area contributed by atoms with Crippen molar-refractivity contribution in [2.45, 2.75) is 44.6 Å². The predicted octanol–water partition coefficient (Wildman–Crippen LogP) is 2.31. The molecule has 1 saturated carbocycles. The molecule has 1 aliphatic carbocycles. The Morgan fingerprint density at radius 3 is 2.18 bits per heavy atom. The van der Waals surface area contributed by atoms with Gasteiger partial charge in [-0.15, -0.1) is 0 Å². The van der Waals surface area contributed by atoms with E-state index in [-0.39, 0.29) is 18.5 Å². The molecule has 1 heterocycles. The number of carboxylic acid groups (broad SMARTS) is 1. The smallest absolute Gasteiger partial charge is 0.306 e. The van der Waals surface area contributed by atoms with E-state index in [1.54, 1.807) is 0 Å². The minimum atomic E-state index is -0.639. The molecule has 0 aromatic heterocycles. The summed E-state index contributed by atoms with van der Waals surface area (Å²) in [6, 6.07) is 0.547. The first-order chi connectivity index (χ1) is 8.20. The van der Waals surface area contributed by atoms with Gasteiger partial charge in [-0.1, -0.05) is 0 Å². The molecule has 0 unspecified atom stereocenters. The Bertz CT molecular complexity index is 256. The van der Waals surface area contributed by atoms with E-state index < -0.39 is 5.97 Å². The molecule has 17 heavy (non-hydrogen) atoms. The number of likely N-dealkylation sites (tertiary alicyclic amines) is 1. The van der Waals surface area contributed by atoms with Gasteiger partial charge in [0.1, 0.15) is 0 Å². The Hall–Kier alpha value is -0.640. The third-order valence-electron chi connectivity index (χ3n) is 4.43. The number of aliphatic carboxylic acids is 1. The lowest BCUT2D eigenvalue weighted by Gasteiger charge is -2.39. The van der Waals surface area contributed by atoms with Crippen LogP contribution in [0.5, 0.6) is 0 Å². The number of hydrogen-bond acceptors (Lipinski definition) is 2. The fourth-order valence-electron chi connectivity index (χ4n) is 3.16. The fourth-order valence-corrected chi connectivity index (χ4v) is 3.16. The van der Waals surface area contributed by atoms with Crippen molar-refractivity contribution in [2.24, 2.45) is 11.8 Å². The topological polar surface area (TPSA) is 40.5 Å². The van der Waals surface area contributed by atoms with Gasteiger partial charge >= 0.3 is 5.97 Å². The summed E-state index contributed by atoms with van der Waals surface area (Å²) < 4.78 is 12.5. The number of nitrogens with zero attached hydrogens (tertiary/aromatic N) is 1. The summed E-state index contributed by atoms with van der Waals surface area (Å²) in [5.74, 6) is -0.504. The summed E-state index contributed by atoms with van der Waals surface area (Å²) in [5, 5.41) is 8.95. The second kappa shape index (κ2) is 5.80. The van der Waals surface area contributed by atoms with Crippen molar-refractivity contribution in [2.75, 3.05) is 19.8 Å². The van der Waals surface area contributed by atoms with Crippen LogP contribution in [0.25, 0.3) is 0 Å². The van der Waals surface area contributed by atoms with Gasteiger partial charge in [0.2, 0.25) is 0 Å². The lowest BCUT2D eigenvalue weighted by molar-refractivity contribution is -0.143. The van der Waals surface area contributed by atoms with Crippen LogP contribution in [0, 0.1) is 11.8 Å². The molecule has 2 fully saturated rings. The highest BCUT2D eigenvalue weighted by Gasteiger charge is 2.31. The van der Waals surface area contributed by atoms with Crippen LogP contribution in [0.15, 0.2) is 0 Å². The number of carbonyl (C=O) groups is 1. The number of halogens is 1. The summed E-state index contributed by atoms with van der Waals surface area (Å²) >= 11 is 0. The molecule has 0 atom stereocenters. The van der Waals surface area contributed by atoms with Crippen LogP contribution in [-0.2, 0) is 4.79 Å². The van der Waals surface area contributed by atoms with E-state index in [0.29, 0.717) is 6.04 Å². The van der Waals surface area contributed by atoms with Crippen molar-refractivity contribution in [1.29, 1.82) is 0 Å². The van der Waals surface area contributed by atoms with Gasteiger partial charge in [0.25, 0.3) is 0 Å². The third kappa shape index (κ3) is 3.18. The van der Waals surface area contributed by atoms with Gasteiger partial charge in [0.15, 0.2) is 0 Å². The quantitative estimate of drug-likeness (QED) is 0.827. The molecule has 2 rings (SSSR count). The molecule has 1 aliphatic heterocycles. The Balaban J connectivity index is 1.76. The summed E-state index contributed by atoms with van der Waals surface area (Å²) in [7, 11) is 0. The summed E-state index contributed by atoms with van der Waals surface area (Å²) in [5.41, 5.74) is 0. The zero-order valence-corrected chi connectivity index (χ0v) is 10.3. The van der Waals surface area contributed by atoms with Crippen LogP contribution in [0.4, 0.5) is 4.39 Å². The summed E-state index contributed by atoms with van der Waals surface area (Å²) in [4.78, 5) is 13.3.